The van der Waals surface area contributed by atoms with Crippen molar-refractivity contribution in [1.82, 2.24) is 4.90 Å². The molecule has 3 heteroatoms. The summed E-state index contributed by atoms with van der Waals surface area (Å²) >= 11 is 3.44. The summed E-state index contributed by atoms with van der Waals surface area (Å²) in [7, 11) is 1.72. The van der Waals surface area contributed by atoms with E-state index in [1.165, 1.54) is 25.1 Å². The summed E-state index contributed by atoms with van der Waals surface area (Å²) in [5.41, 5.74) is 1.27. The van der Waals surface area contributed by atoms with E-state index in [1.54, 1.807) is 7.11 Å². The number of benzene rings is 1. The molecular formula is C11H14BrNO. The van der Waals surface area contributed by atoms with Crippen molar-refractivity contribution in [2.45, 2.75) is 13.0 Å². The molecule has 76 valence electrons. The van der Waals surface area contributed by atoms with Gasteiger partial charge in [-0.15, -0.1) is 0 Å². The minimum atomic E-state index is 0.978. The van der Waals surface area contributed by atoms with Gasteiger partial charge in [0.25, 0.3) is 0 Å². The van der Waals surface area contributed by atoms with Crippen molar-refractivity contribution in [1.29, 1.82) is 0 Å². The molecule has 0 atom stereocenters. The highest BCUT2D eigenvalue weighted by atomic mass is 79.9. The highest BCUT2D eigenvalue weighted by Crippen LogP contribution is 2.25. The summed E-state index contributed by atoms with van der Waals surface area (Å²) in [5.74, 6) is 0.978. The van der Waals surface area contributed by atoms with E-state index in [9.17, 15) is 0 Å². The average Bonchev–Trinajstić information content (AvgIpc) is 2.13. The molecule has 0 N–H and O–H groups in total. The van der Waals surface area contributed by atoms with E-state index in [1.807, 2.05) is 6.07 Å². The first kappa shape index (κ1) is 9.99. The highest BCUT2D eigenvalue weighted by molar-refractivity contribution is 9.10. The van der Waals surface area contributed by atoms with E-state index in [2.05, 4.69) is 33.0 Å². The molecule has 0 aliphatic carbocycles. The molecule has 1 aromatic rings. The number of halogens is 1. The molecule has 1 heterocycles. The van der Waals surface area contributed by atoms with Gasteiger partial charge in [-0.3, -0.25) is 4.90 Å². The van der Waals surface area contributed by atoms with Crippen molar-refractivity contribution in [2.24, 2.45) is 0 Å². The van der Waals surface area contributed by atoms with Gasteiger partial charge in [-0.2, -0.15) is 0 Å². The van der Waals surface area contributed by atoms with E-state index in [4.69, 9.17) is 4.74 Å². The van der Waals surface area contributed by atoms with E-state index in [0.29, 0.717) is 0 Å². The molecule has 1 aromatic carbocycles. The zero-order chi connectivity index (χ0) is 9.97. The normalized spacial score (nSPS) is 16.4. The molecule has 0 saturated carbocycles. The Morgan fingerprint density at radius 1 is 1.43 bits per heavy atom. The van der Waals surface area contributed by atoms with Crippen LogP contribution in [0.5, 0.6) is 5.75 Å². The Kier molecular flexibility index (Phi) is 3.08. The molecule has 0 unspecified atom stereocenters. The minimum absolute atomic E-state index is 0.978. The van der Waals surface area contributed by atoms with Crippen molar-refractivity contribution in [3.8, 4) is 5.75 Å². The summed E-state index contributed by atoms with van der Waals surface area (Å²) in [4.78, 5) is 2.42. The molecule has 1 aliphatic heterocycles. The Balaban J connectivity index is 2.14. The second-order valence-electron chi connectivity index (χ2n) is 3.59. The van der Waals surface area contributed by atoms with Crippen molar-refractivity contribution in [2.75, 3.05) is 20.2 Å². The Morgan fingerprint density at radius 3 is 2.79 bits per heavy atom. The van der Waals surface area contributed by atoms with Gasteiger partial charge < -0.3 is 4.74 Å². The maximum absolute atomic E-state index is 5.34. The largest absolute Gasteiger partial charge is 0.496 e. The Morgan fingerprint density at radius 2 is 2.21 bits per heavy atom. The SMILES string of the molecule is COc1cc(Br)ccc1CN1CCC1. The van der Waals surface area contributed by atoms with Crippen LogP contribution in [0.1, 0.15) is 12.0 Å². The van der Waals surface area contributed by atoms with Crippen LogP contribution in [0.25, 0.3) is 0 Å². The van der Waals surface area contributed by atoms with E-state index < -0.39 is 0 Å². The fraction of sp³-hybridized carbons (Fsp3) is 0.455. The summed E-state index contributed by atoms with van der Waals surface area (Å²) < 4.78 is 6.41. The second kappa shape index (κ2) is 4.32. The highest BCUT2D eigenvalue weighted by Gasteiger charge is 2.15. The molecule has 0 bridgehead atoms. The van der Waals surface area contributed by atoms with E-state index in [0.717, 1.165) is 16.8 Å². The van der Waals surface area contributed by atoms with Gasteiger partial charge in [0.1, 0.15) is 5.75 Å². The Labute approximate surface area is 93.0 Å². The zero-order valence-corrected chi connectivity index (χ0v) is 9.88. The molecule has 1 aliphatic rings. The van der Waals surface area contributed by atoms with E-state index >= 15 is 0 Å². The molecule has 0 spiro atoms. The number of hydrogen-bond donors (Lipinski definition) is 0. The predicted molar refractivity (Wildman–Crippen MR) is 60.6 cm³/mol. The maximum Gasteiger partial charge on any atom is 0.124 e. The molecule has 1 fully saturated rings. The average molecular weight is 256 g/mol. The van der Waals surface area contributed by atoms with Crippen LogP contribution < -0.4 is 4.74 Å². The standard InChI is InChI=1S/C11H14BrNO/c1-14-11-7-10(12)4-3-9(11)8-13-5-2-6-13/h3-4,7H,2,5-6,8H2,1H3. The van der Waals surface area contributed by atoms with Crippen molar-refractivity contribution in [3.05, 3.63) is 28.2 Å². The van der Waals surface area contributed by atoms with Gasteiger partial charge in [0.15, 0.2) is 0 Å². The summed E-state index contributed by atoms with van der Waals surface area (Å²) in [5, 5.41) is 0. The maximum atomic E-state index is 5.34. The predicted octanol–water partition coefficient (Wildman–Crippen LogP) is 2.66. The monoisotopic (exact) mass is 255 g/mol. The third-order valence-corrected chi connectivity index (χ3v) is 3.09. The van der Waals surface area contributed by atoms with Gasteiger partial charge >= 0.3 is 0 Å². The van der Waals surface area contributed by atoms with Gasteiger partial charge in [-0.05, 0) is 31.6 Å². The van der Waals surface area contributed by atoms with Crippen molar-refractivity contribution in [3.63, 3.8) is 0 Å². The number of hydrogen-bond acceptors (Lipinski definition) is 2. The Hall–Kier alpha value is -0.540. The number of ether oxygens (including phenoxy) is 1. The smallest absolute Gasteiger partial charge is 0.124 e. The third kappa shape index (κ3) is 2.10. The molecule has 1 saturated heterocycles. The van der Waals surface area contributed by atoms with Gasteiger partial charge in [-0.25, -0.2) is 0 Å². The minimum Gasteiger partial charge on any atom is -0.496 e. The first-order valence-electron chi connectivity index (χ1n) is 4.84. The molecular weight excluding hydrogens is 242 g/mol. The zero-order valence-electron chi connectivity index (χ0n) is 8.29. The quantitative estimate of drug-likeness (QED) is 0.824. The first-order valence-corrected chi connectivity index (χ1v) is 5.63. The second-order valence-corrected chi connectivity index (χ2v) is 4.50. The molecule has 0 radical (unpaired) electrons. The number of nitrogens with zero attached hydrogens (tertiary/aromatic N) is 1. The lowest BCUT2D eigenvalue weighted by atomic mass is 10.1. The number of likely N-dealkylation sites (tertiary alicyclic amines) is 1. The van der Waals surface area contributed by atoms with Crippen molar-refractivity contribution < 1.29 is 4.74 Å². The molecule has 2 rings (SSSR count). The van der Waals surface area contributed by atoms with Gasteiger partial charge in [0.05, 0.1) is 7.11 Å². The van der Waals surface area contributed by atoms with E-state index in [-0.39, 0.29) is 0 Å². The summed E-state index contributed by atoms with van der Waals surface area (Å²) in [6, 6.07) is 6.22. The molecule has 0 amide bonds. The van der Waals surface area contributed by atoms with Gasteiger partial charge in [-0.1, -0.05) is 22.0 Å². The van der Waals surface area contributed by atoms with Crippen LogP contribution in [-0.2, 0) is 6.54 Å². The van der Waals surface area contributed by atoms with Crippen LogP contribution in [0.15, 0.2) is 22.7 Å². The van der Waals surface area contributed by atoms with Gasteiger partial charge in [0.2, 0.25) is 0 Å². The Bertz CT molecular complexity index is 323. The van der Waals surface area contributed by atoms with Crippen LogP contribution in [0.2, 0.25) is 0 Å². The van der Waals surface area contributed by atoms with Crippen LogP contribution >= 0.6 is 15.9 Å². The molecule has 2 nitrogen and oxygen atoms in total. The number of rotatable bonds is 3. The summed E-state index contributed by atoms with van der Waals surface area (Å²) in [6.45, 7) is 3.45. The first-order chi connectivity index (χ1) is 6.79. The summed E-state index contributed by atoms with van der Waals surface area (Å²) in [6.07, 6.45) is 1.33. The van der Waals surface area contributed by atoms with Crippen LogP contribution in [0.4, 0.5) is 0 Å². The lowest BCUT2D eigenvalue weighted by molar-refractivity contribution is 0.170. The van der Waals surface area contributed by atoms with Crippen LogP contribution in [0, 0.1) is 0 Å². The number of methoxy groups -OCH3 is 1. The molecule has 0 aromatic heterocycles. The fourth-order valence-corrected chi connectivity index (χ4v) is 1.97. The topological polar surface area (TPSA) is 12.5 Å². The molecule has 14 heavy (non-hydrogen) atoms. The van der Waals surface area contributed by atoms with Crippen molar-refractivity contribution >= 4 is 15.9 Å². The lowest BCUT2D eigenvalue weighted by Gasteiger charge is -2.31. The lowest BCUT2D eigenvalue weighted by Crippen LogP contribution is -2.36. The third-order valence-electron chi connectivity index (χ3n) is 2.59. The van der Waals surface area contributed by atoms with Crippen LogP contribution in [0.3, 0.4) is 0 Å². The van der Waals surface area contributed by atoms with Gasteiger partial charge in [0, 0.05) is 16.6 Å². The van der Waals surface area contributed by atoms with Crippen LogP contribution in [-0.4, -0.2) is 25.1 Å². The fourth-order valence-electron chi connectivity index (χ4n) is 1.63.